The first-order valence-corrected chi connectivity index (χ1v) is 8.83. The van der Waals surface area contributed by atoms with Gasteiger partial charge < -0.3 is 10.1 Å². The van der Waals surface area contributed by atoms with E-state index >= 15 is 0 Å². The molecule has 0 radical (unpaired) electrons. The maximum Gasteiger partial charge on any atom is 0.240 e. The Labute approximate surface area is 128 Å². The van der Waals surface area contributed by atoms with Gasteiger partial charge in [-0.15, -0.1) is 0 Å². The van der Waals surface area contributed by atoms with E-state index in [1.807, 2.05) is 6.92 Å². The maximum atomic E-state index is 11.9. The summed E-state index contributed by atoms with van der Waals surface area (Å²) in [5.41, 5.74) is 0.892. The van der Waals surface area contributed by atoms with Crippen LogP contribution in [0.5, 0.6) is 0 Å². The molecule has 0 bridgehead atoms. The number of rotatable bonds is 9. The minimum atomic E-state index is -3.39. The van der Waals surface area contributed by atoms with E-state index in [1.165, 1.54) is 0 Å². The fourth-order valence-corrected chi connectivity index (χ4v) is 2.90. The molecule has 0 amide bonds. The molecule has 0 saturated heterocycles. The summed E-state index contributed by atoms with van der Waals surface area (Å²) in [6, 6.07) is 6.98. The Morgan fingerprint density at radius 1 is 1.14 bits per heavy atom. The van der Waals surface area contributed by atoms with Crippen LogP contribution in [-0.4, -0.2) is 34.2 Å². The lowest BCUT2D eigenvalue weighted by Gasteiger charge is -2.23. The van der Waals surface area contributed by atoms with Gasteiger partial charge in [0.15, 0.2) is 0 Å². The van der Waals surface area contributed by atoms with Gasteiger partial charge >= 0.3 is 0 Å². The van der Waals surface area contributed by atoms with Crippen LogP contribution in [0.15, 0.2) is 29.2 Å². The van der Waals surface area contributed by atoms with Crippen molar-refractivity contribution in [1.29, 1.82) is 0 Å². The largest absolute Gasteiger partial charge is 0.380 e. The molecule has 1 aromatic rings. The lowest BCUT2D eigenvalue weighted by atomic mass is 10.1. The lowest BCUT2D eigenvalue weighted by Crippen LogP contribution is -2.31. The van der Waals surface area contributed by atoms with E-state index in [1.54, 1.807) is 31.2 Å². The van der Waals surface area contributed by atoms with E-state index in [-0.39, 0.29) is 10.9 Å². The molecular formula is C15H26N2O3S. The highest BCUT2D eigenvalue weighted by Crippen LogP contribution is 2.17. The Morgan fingerprint density at radius 3 is 2.24 bits per heavy atom. The second-order valence-corrected chi connectivity index (χ2v) is 6.95. The second-order valence-electron chi connectivity index (χ2n) is 5.18. The van der Waals surface area contributed by atoms with Crippen LogP contribution in [0, 0.1) is 5.92 Å². The Morgan fingerprint density at radius 2 is 1.76 bits per heavy atom. The molecule has 1 unspecified atom stereocenters. The molecule has 0 aromatic heterocycles. The number of nitrogens with one attached hydrogen (secondary N) is 2. The van der Waals surface area contributed by atoms with E-state index in [0.29, 0.717) is 25.7 Å². The Bertz CT molecular complexity index is 512. The summed E-state index contributed by atoms with van der Waals surface area (Å²) in [7, 11) is -3.39. The average molecular weight is 314 g/mol. The zero-order valence-electron chi connectivity index (χ0n) is 13.2. The maximum absolute atomic E-state index is 11.9. The zero-order valence-corrected chi connectivity index (χ0v) is 14.0. The van der Waals surface area contributed by atoms with E-state index in [4.69, 9.17) is 4.74 Å². The molecular weight excluding hydrogens is 288 g/mol. The smallest absolute Gasteiger partial charge is 0.240 e. The van der Waals surface area contributed by atoms with Crippen LogP contribution in [-0.2, 0) is 14.8 Å². The van der Waals surface area contributed by atoms with Gasteiger partial charge in [-0.2, -0.15) is 0 Å². The van der Waals surface area contributed by atoms with Crippen LogP contribution in [0.1, 0.15) is 27.7 Å². The van der Waals surface area contributed by atoms with Crippen molar-refractivity contribution in [3.8, 4) is 0 Å². The summed E-state index contributed by atoms with van der Waals surface area (Å²) in [6.45, 7) is 9.68. The monoisotopic (exact) mass is 314 g/mol. The van der Waals surface area contributed by atoms with Gasteiger partial charge in [-0.25, -0.2) is 13.1 Å². The van der Waals surface area contributed by atoms with Crippen molar-refractivity contribution in [2.45, 2.75) is 38.6 Å². The van der Waals surface area contributed by atoms with Crippen molar-refractivity contribution in [2.75, 3.05) is 25.1 Å². The number of ether oxygens (including phenoxy) is 1. The molecule has 6 heteroatoms. The molecule has 0 fully saturated rings. The summed E-state index contributed by atoms with van der Waals surface area (Å²) in [4.78, 5) is 0.279. The highest BCUT2D eigenvalue weighted by Gasteiger charge is 2.15. The van der Waals surface area contributed by atoms with E-state index in [9.17, 15) is 8.42 Å². The average Bonchev–Trinajstić information content (AvgIpc) is 2.43. The Kier molecular flexibility index (Phi) is 7.14. The van der Waals surface area contributed by atoms with Crippen molar-refractivity contribution in [3.05, 3.63) is 24.3 Å². The van der Waals surface area contributed by atoms with Crippen LogP contribution >= 0.6 is 0 Å². The number of sulfonamides is 1. The van der Waals surface area contributed by atoms with Crippen LogP contribution < -0.4 is 10.0 Å². The number of hydrogen-bond acceptors (Lipinski definition) is 4. The fourth-order valence-electron chi connectivity index (χ4n) is 1.86. The lowest BCUT2D eigenvalue weighted by molar-refractivity contribution is 0.127. The van der Waals surface area contributed by atoms with Crippen LogP contribution in [0.4, 0.5) is 5.69 Å². The molecule has 0 aliphatic heterocycles. The van der Waals surface area contributed by atoms with Gasteiger partial charge in [0.2, 0.25) is 10.0 Å². The van der Waals surface area contributed by atoms with Gasteiger partial charge in [-0.05, 0) is 37.1 Å². The van der Waals surface area contributed by atoms with Crippen molar-refractivity contribution in [2.24, 2.45) is 5.92 Å². The summed E-state index contributed by atoms with van der Waals surface area (Å²) in [5, 5.41) is 3.38. The molecule has 1 atom stereocenters. The molecule has 120 valence electrons. The van der Waals surface area contributed by atoms with Crippen LogP contribution in [0.3, 0.4) is 0 Å². The zero-order chi connectivity index (χ0) is 15.9. The normalized spacial score (nSPS) is 13.4. The third-order valence-corrected chi connectivity index (χ3v) is 4.72. The first-order valence-electron chi connectivity index (χ1n) is 7.34. The standard InChI is InChI=1S/C15H26N2O3S/c1-5-16-21(18,19)14-9-7-13(8-10-14)17-15(12(3)4)11-20-6-2/h7-10,12,15-17H,5-6,11H2,1-4H3. The van der Waals surface area contributed by atoms with Gasteiger partial charge in [0.25, 0.3) is 0 Å². The fraction of sp³-hybridized carbons (Fsp3) is 0.600. The van der Waals surface area contributed by atoms with Gasteiger partial charge in [0, 0.05) is 18.8 Å². The molecule has 5 nitrogen and oxygen atoms in total. The van der Waals surface area contributed by atoms with Gasteiger partial charge in [0.1, 0.15) is 0 Å². The number of benzene rings is 1. The van der Waals surface area contributed by atoms with Gasteiger partial charge in [-0.3, -0.25) is 0 Å². The third kappa shape index (κ3) is 5.65. The van der Waals surface area contributed by atoms with E-state index in [0.717, 1.165) is 5.69 Å². The van der Waals surface area contributed by atoms with Crippen molar-refractivity contribution in [3.63, 3.8) is 0 Å². The quantitative estimate of drug-likeness (QED) is 0.735. The topological polar surface area (TPSA) is 67.4 Å². The molecule has 21 heavy (non-hydrogen) atoms. The molecule has 0 aliphatic carbocycles. The summed E-state index contributed by atoms with van der Waals surface area (Å²) >= 11 is 0. The van der Waals surface area contributed by atoms with Crippen molar-refractivity contribution < 1.29 is 13.2 Å². The van der Waals surface area contributed by atoms with Crippen LogP contribution in [0.25, 0.3) is 0 Å². The highest BCUT2D eigenvalue weighted by molar-refractivity contribution is 7.89. The van der Waals surface area contributed by atoms with Gasteiger partial charge in [0.05, 0.1) is 17.5 Å². The van der Waals surface area contributed by atoms with Crippen LogP contribution in [0.2, 0.25) is 0 Å². The molecule has 1 aromatic carbocycles. The molecule has 2 N–H and O–H groups in total. The molecule has 0 heterocycles. The third-order valence-electron chi connectivity index (χ3n) is 3.16. The minimum absolute atomic E-state index is 0.196. The van der Waals surface area contributed by atoms with E-state index in [2.05, 4.69) is 23.9 Å². The minimum Gasteiger partial charge on any atom is -0.380 e. The SMILES string of the molecule is CCNS(=O)(=O)c1ccc(NC(COCC)C(C)C)cc1. The molecule has 0 saturated carbocycles. The van der Waals surface area contributed by atoms with Crippen molar-refractivity contribution in [1.82, 2.24) is 4.72 Å². The Balaban J connectivity index is 2.77. The van der Waals surface area contributed by atoms with E-state index < -0.39 is 10.0 Å². The predicted octanol–water partition coefficient (Wildman–Crippen LogP) is 2.46. The number of hydrogen-bond donors (Lipinski definition) is 2. The predicted molar refractivity (Wildman–Crippen MR) is 86.0 cm³/mol. The van der Waals surface area contributed by atoms with Gasteiger partial charge in [-0.1, -0.05) is 20.8 Å². The molecule has 0 spiro atoms. The number of anilines is 1. The molecule has 1 rings (SSSR count). The summed E-state index contributed by atoms with van der Waals surface area (Å²) in [6.07, 6.45) is 0. The highest BCUT2D eigenvalue weighted by atomic mass is 32.2. The first-order chi connectivity index (χ1) is 9.90. The summed E-state index contributed by atoms with van der Waals surface area (Å²) in [5.74, 6) is 0.418. The first kappa shape index (κ1) is 17.9. The Hall–Kier alpha value is -1.11. The second kappa shape index (κ2) is 8.36. The molecule has 0 aliphatic rings. The van der Waals surface area contributed by atoms with Crippen molar-refractivity contribution >= 4 is 15.7 Å². The summed E-state index contributed by atoms with van der Waals surface area (Å²) < 4.78 is 31.7.